The lowest BCUT2D eigenvalue weighted by Crippen LogP contribution is -2.57. The van der Waals surface area contributed by atoms with Crippen LogP contribution in [0.25, 0.3) is 0 Å². The van der Waals surface area contributed by atoms with Crippen LogP contribution in [0.1, 0.15) is 65.2 Å². The number of methoxy groups -OCH3 is 1. The van der Waals surface area contributed by atoms with Crippen molar-refractivity contribution in [1.29, 1.82) is 0 Å². The van der Waals surface area contributed by atoms with E-state index in [1.165, 1.54) is 12.7 Å². The first kappa shape index (κ1) is 17.5. The summed E-state index contributed by atoms with van der Waals surface area (Å²) in [4.78, 5) is 12.4. The maximum atomic E-state index is 12.4. The number of hydrogen-bond donors (Lipinski definition) is 2. The molecule has 3 saturated carbocycles. The number of hydrogen-bond acceptors (Lipinski definition) is 4. The van der Waals surface area contributed by atoms with Gasteiger partial charge in [-0.1, -0.05) is 25.5 Å². The summed E-state index contributed by atoms with van der Waals surface area (Å²) in [5, 5.41) is 21.3. The maximum Gasteiger partial charge on any atom is 0.338 e. The third-order valence-electron chi connectivity index (χ3n) is 8.75. The van der Waals surface area contributed by atoms with Crippen LogP contribution in [0.4, 0.5) is 0 Å². The van der Waals surface area contributed by atoms with Crippen LogP contribution in [0, 0.1) is 28.6 Å². The van der Waals surface area contributed by atoms with Gasteiger partial charge in [-0.15, -0.1) is 0 Å². The molecule has 0 saturated heterocycles. The van der Waals surface area contributed by atoms with Gasteiger partial charge in [-0.05, 0) is 74.5 Å². The van der Waals surface area contributed by atoms with Crippen LogP contribution in [0.2, 0.25) is 0 Å². The van der Waals surface area contributed by atoms with Crippen LogP contribution in [-0.4, -0.2) is 35.0 Å². The molecule has 0 amide bonds. The second-order valence-corrected chi connectivity index (χ2v) is 9.50. The van der Waals surface area contributed by atoms with E-state index < -0.39 is 11.6 Å². The Balaban J connectivity index is 1.68. The van der Waals surface area contributed by atoms with Crippen molar-refractivity contribution in [2.24, 2.45) is 28.6 Å². The Labute approximate surface area is 150 Å². The molecule has 0 aromatic heterocycles. The smallest absolute Gasteiger partial charge is 0.338 e. The first-order valence-corrected chi connectivity index (χ1v) is 9.94. The first-order valence-electron chi connectivity index (χ1n) is 9.94. The van der Waals surface area contributed by atoms with E-state index in [0.29, 0.717) is 24.2 Å². The number of carbonyl (C=O) groups excluding carboxylic acids is 1. The summed E-state index contributed by atoms with van der Waals surface area (Å²) in [6.07, 6.45) is 9.38. The summed E-state index contributed by atoms with van der Waals surface area (Å²) < 4.78 is 4.98. The highest BCUT2D eigenvalue weighted by Gasteiger charge is 2.66. The molecule has 0 radical (unpaired) electrons. The van der Waals surface area contributed by atoms with Gasteiger partial charge in [-0.3, -0.25) is 0 Å². The Bertz CT molecular complexity index is 613. The Morgan fingerprint density at radius 2 is 1.88 bits per heavy atom. The molecule has 0 spiro atoms. The normalized spacial score (nSPS) is 51.8. The Morgan fingerprint density at radius 3 is 2.60 bits per heavy atom. The van der Waals surface area contributed by atoms with Crippen LogP contribution < -0.4 is 0 Å². The van der Waals surface area contributed by atoms with Crippen LogP contribution >= 0.6 is 0 Å². The molecular weight excluding hydrogens is 316 g/mol. The van der Waals surface area contributed by atoms with Crippen molar-refractivity contribution >= 4 is 5.97 Å². The topological polar surface area (TPSA) is 66.8 Å². The summed E-state index contributed by atoms with van der Waals surface area (Å²) in [6.45, 7) is 4.51. The van der Waals surface area contributed by atoms with E-state index in [2.05, 4.69) is 19.9 Å². The average molecular weight is 348 g/mol. The Hall–Kier alpha value is -0.870. The van der Waals surface area contributed by atoms with Crippen molar-refractivity contribution in [3.05, 3.63) is 11.6 Å². The number of esters is 1. The van der Waals surface area contributed by atoms with E-state index in [1.807, 2.05) is 0 Å². The number of ether oxygens (including phenoxy) is 1. The summed E-state index contributed by atoms with van der Waals surface area (Å²) in [5.74, 6) is 1.06. The molecule has 4 nitrogen and oxygen atoms in total. The Kier molecular flexibility index (Phi) is 3.90. The highest BCUT2D eigenvalue weighted by atomic mass is 16.5. The lowest BCUT2D eigenvalue weighted by atomic mass is 9.47. The van der Waals surface area contributed by atoms with Gasteiger partial charge < -0.3 is 14.9 Å². The van der Waals surface area contributed by atoms with Crippen LogP contribution in [0.3, 0.4) is 0 Å². The minimum Gasteiger partial charge on any atom is -0.467 e. The second kappa shape index (κ2) is 5.56. The molecule has 4 aliphatic carbocycles. The van der Waals surface area contributed by atoms with Crippen molar-refractivity contribution in [2.75, 3.05) is 7.11 Å². The fourth-order valence-electron chi connectivity index (χ4n) is 7.16. The van der Waals surface area contributed by atoms with Gasteiger partial charge in [0.15, 0.2) is 5.60 Å². The van der Waals surface area contributed by atoms with Gasteiger partial charge in [0, 0.05) is 5.41 Å². The van der Waals surface area contributed by atoms with Gasteiger partial charge in [0.1, 0.15) is 0 Å². The summed E-state index contributed by atoms with van der Waals surface area (Å²) in [6, 6.07) is 0. The van der Waals surface area contributed by atoms with Crippen molar-refractivity contribution in [1.82, 2.24) is 0 Å². The minimum absolute atomic E-state index is 0.180. The van der Waals surface area contributed by atoms with Crippen molar-refractivity contribution in [2.45, 2.75) is 76.9 Å². The summed E-state index contributed by atoms with van der Waals surface area (Å²) in [7, 11) is 1.38. The third-order valence-corrected chi connectivity index (χ3v) is 8.75. The summed E-state index contributed by atoms with van der Waals surface area (Å²) in [5.41, 5.74) is -0.0604. The molecule has 2 N–H and O–H groups in total. The molecule has 4 rings (SSSR count). The van der Waals surface area contributed by atoms with E-state index >= 15 is 0 Å². The number of aliphatic hydroxyl groups excluding tert-OH is 1. The average Bonchev–Trinajstić information content (AvgIpc) is 2.87. The van der Waals surface area contributed by atoms with Crippen molar-refractivity contribution in [3.63, 3.8) is 0 Å². The molecule has 0 bridgehead atoms. The molecule has 3 fully saturated rings. The van der Waals surface area contributed by atoms with Gasteiger partial charge in [0.25, 0.3) is 0 Å². The fourth-order valence-corrected chi connectivity index (χ4v) is 7.16. The highest BCUT2D eigenvalue weighted by Crippen LogP contribution is 2.67. The predicted octanol–water partition coefficient (Wildman–Crippen LogP) is 3.21. The van der Waals surface area contributed by atoms with Gasteiger partial charge in [0.2, 0.25) is 0 Å². The lowest BCUT2D eigenvalue weighted by molar-refractivity contribution is -0.184. The molecule has 0 aromatic rings. The molecule has 25 heavy (non-hydrogen) atoms. The number of rotatable bonds is 1. The van der Waals surface area contributed by atoms with E-state index in [0.717, 1.165) is 44.9 Å². The zero-order valence-corrected chi connectivity index (χ0v) is 15.8. The molecule has 140 valence electrons. The second-order valence-electron chi connectivity index (χ2n) is 9.50. The molecule has 0 aromatic carbocycles. The van der Waals surface area contributed by atoms with Crippen LogP contribution in [0.5, 0.6) is 0 Å². The molecule has 4 heteroatoms. The number of allylic oxidation sites excluding steroid dienone is 1. The van der Waals surface area contributed by atoms with Gasteiger partial charge in [-0.2, -0.15) is 0 Å². The third kappa shape index (κ3) is 2.16. The fraction of sp³-hybridized carbons (Fsp3) is 0.857. The van der Waals surface area contributed by atoms with Crippen molar-refractivity contribution < 1.29 is 19.7 Å². The SMILES string of the molecule is COC(=O)[C@]1(O)CC[C@H]2[C@@H]3CC=C4C[C@@H](O)CC[C@]4(C)[C@H]3CC[C@@]21C. The van der Waals surface area contributed by atoms with Crippen molar-refractivity contribution in [3.8, 4) is 0 Å². The van der Waals surface area contributed by atoms with Crippen LogP contribution in [0.15, 0.2) is 11.6 Å². The summed E-state index contributed by atoms with van der Waals surface area (Å²) >= 11 is 0. The quantitative estimate of drug-likeness (QED) is 0.564. The van der Waals surface area contributed by atoms with Crippen LogP contribution in [-0.2, 0) is 9.53 Å². The first-order chi connectivity index (χ1) is 11.8. The van der Waals surface area contributed by atoms with E-state index in [-0.39, 0.29) is 16.9 Å². The van der Waals surface area contributed by atoms with E-state index in [4.69, 9.17) is 4.74 Å². The number of carbonyl (C=O) groups is 1. The Morgan fingerprint density at radius 1 is 1.16 bits per heavy atom. The van der Waals surface area contributed by atoms with E-state index in [9.17, 15) is 15.0 Å². The number of fused-ring (bicyclic) bond motifs is 5. The molecule has 0 aliphatic heterocycles. The maximum absolute atomic E-state index is 12.4. The molecule has 0 unspecified atom stereocenters. The lowest BCUT2D eigenvalue weighted by Gasteiger charge is -2.58. The monoisotopic (exact) mass is 348 g/mol. The van der Waals surface area contributed by atoms with Gasteiger partial charge in [0.05, 0.1) is 13.2 Å². The zero-order chi connectivity index (χ0) is 18.0. The standard InChI is InChI=1S/C21H32O4/c1-19-9-6-14(22)12-13(19)4-5-15-16(19)7-10-20(2)17(15)8-11-21(20,24)18(23)25-3/h4,14-17,22,24H,5-12H2,1-3H3/t14-,15+,16-,17-,19-,20-,21+/m0/s1. The van der Waals surface area contributed by atoms with E-state index in [1.54, 1.807) is 0 Å². The largest absolute Gasteiger partial charge is 0.467 e. The molecular formula is C21H32O4. The molecule has 7 atom stereocenters. The van der Waals surface area contributed by atoms with Gasteiger partial charge in [-0.25, -0.2) is 4.79 Å². The number of aliphatic hydroxyl groups is 2. The van der Waals surface area contributed by atoms with Gasteiger partial charge >= 0.3 is 5.97 Å². The predicted molar refractivity (Wildman–Crippen MR) is 94.7 cm³/mol. The zero-order valence-electron chi connectivity index (χ0n) is 15.8. The minimum atomic E-state index is -1.33. The highest BCUT2D eigenvalue weighted by molar-refractivity contribution is 5.81. The molecule has 0 heterocycles. The molecule has 4 aliphatic rings.